The van der Waals surface area contributed by atoms with Crippen molar-refractivity contribution in [3.8, 4) is 11.5 Å². The van der Waals surface area contributed by atoms with Gasteiger partial charge in [-0.05, 0) is 93.2 Å². The number of unbranched alkanes of at least 4 members (excludes halogenated alkanes) is 6. The molecule has 0 bridgehead atoms. The number of carbonyl (C=O) groups is 2. The molecule has 2 aromatic rings. The van der Waals surface area contributed by atoms with Crippen LogP contribution >= 0.6 is 0 Å². The zero-order valence-corrected chi connectivity index (χ0v) is 25.4. The van der Waals surface area contributed by atoms with Crippen LogP contribution in [0.1, 0.15) is 120 Å². The molecule has 7 heteroatoms. The average Bonchev–Trinajstić information content (AvgIpc) is 3.00. The van der Waals surface area contributed by atoms with E-state index in [1.165, 1.54) is 31.4 Å². The molecule has 1 aliphatic rings. The van der Waals surface area contributed by atoms with E-state index in [9.17, 15) is 18.4 Å². The first-order valence-corrected chi connectivity index (χ1v) is 16.0. The zero-order chi connectivity index (χ0) is 30.2. The topological polar surface area (TPSA) is 61.8 Å². The fourth-order valence-corrected chi connectivity index (χ4v) is 5.35. The summed E-state index contributed by atoms with van der Waals surface area (Å²) >= 11 is 0. The molecular weight excluding hydrogens is 538 g/mol. The van der Waals surface area contributed by atoms with Crippen LogP contribution in [0.3, 0.4) is 0 Å². The number of halogens is 2. The number of benzene rings is 2. The molecule has 1 atom stereocenters. The van der Waals surface area contributed by atoms with Crippen LogP contribution in [-0.2, 0) is 16.0 Å². The molecule has 0 spiro atoms. The number of aryl methyl sites for hydroxylation is 1. The standard InChI is InChI=1S/C35H48F2O5/c1-3-5-7-8-9-10-24-40-33-23-18-28(25-32(33)37)34(38)41-29-19-14-26(15-20-29)12-13-27-16-21-30(22-17-27)42-35(39)31(36)11-6-4-2/h14-15,18-20,23,25,27,30-31H,3-13,16-17,21-22,24H2,1-2H3/t27-,30-,31-/m0/s1. The summed E-state index contributed by atoms with van der Waals surface area (Å²) in [5.41, 5.74) is 1.27. The third-order valence-corrected chi connectivity index (χ3v) is 8.04. The highest BCUT2D eigenvalue weighted by Crippen LogP contribution is 2.30. The number of alkyl halides is 1. The predicted octanol–water partition coefficient (Wildman–Crippen LogP) is 9.35. The Balaban J connectivity index is 1.35. The van der Waals surface area contributed by atoms with E-state index in [1.54, 1.807) is 12.1 Å². The van der Waals surface area contributed by atoms with Crippen molar-refractivity contribution >= 4 is 11.9 Å². The normalized spacial score (nSPS) is 17.4. The van der Waals surface area contributed by atoms with E-state index < -0.39 is 23.9 Å². The molecule has 232 valence electrons. The molecule has 0 saturated heterocycles. The number of hydrogen-bond donors (Lipinski definition) is 0. The first-order chi connectivity index (χ1) is 20.4. The predicted molar refractivity (Wildman–Crippen MR) is 161 cm³/mol. The number of ether oxygens (including phenoxy) is 3. The first kappa shape index (κ1) is 33.5. The number of carbonyl (C=O) groups excluding carboxylic acids is 2. The van der Waals surface area contributed by atoms with Gasteiger partial charge in [0, 0.05) is 0 Å². The summed E-state index contributed by atoms with van der Waals surface area (Å²) in [6, 6.07) is 11.5. The maximum Gasteiger partial charge on any atom is 0.343 e. The van der Waals surface area contributed by atoms with Crippen molar-refractivity contribution in [1.29, 1.82) is 0 Å². The van der Waals surface area contributed by atoms with E-state index in [-0.39, 0.29) is 23.8 Å². The van der Waals surface area contributed by atoms with Crippen molar-refractivity contribution in [2.45, 2.75) is 122 Å². The van der Waals surface area contributed by atoms with Gasteiger partial charge in [-0.1, -0.05) is 70.9 Å². The number of rotatable bonds is 18. The van der Waals surface area contributed by atoms with Crippen LogP contribution < -0.4 is 9.47 Å². The molecule has 42 heavy (non-hydrogen) atoms. The number of esters is 2. The Hall–Kier alpha value is -2.96. The lowest BCUT2D eigenvalue weighted by Gasteiger charge is -2.28. The molecule has 1 aliphatic carbocycles. The average molecular weight is 587 g/mol. The smallest absolute Gasteiger partial charge is 0.343 e. The summed E-state index contributed by atoms with van der Waals surface area (Å²) in [5, 5.41) is 0. The van der Waals surface area contributed by atoms with Crippen LogP contribution in [0.15, 0.2) is 42.5 Å². The summed E-state index contributed by atoms with van der Waals surface area (Å²) in [6.07, 6.45) is 12.2. The van der Waals surface area contributed by atoms with E-state index in [1.807, 2.05) is 19.1 Å². The Morgan fingerprint density at radius 1 is 0.881 bits per heavy atom. The highest BCUT2D eigenvalue weighted by molar-refractivity contribution is 5.91. The van der Waals surface area contributed by atoms with Crippen molar-refractivity contribution in [1.82, 2.24) is 0 Å². The molecule has 0 aromatic heterocycles. The van der Waals surface area contributed by atoms with Crippen LogP contribution in [-0.4, -0.2) is 30.8 Å². The van der Waals surface area contributed by atoms with Crippen molar-refractivity contribution in [3.63, 3.8) is 0 Å². The largest absolute Gasteiger partial charge is 0.491 e. The molecule has 3 rings (SSSR count). The van der Waals surface area contributed by atoms with Gasteiger partial charge in [-0.15, -0.1) is 0 Å². The van der Waals surface area contributed by atoms with Gasteiger partial charge in [-0.3, -0.25) is 0 Å². The van der Waals surface area contributed by atoms with Crippen LogP contribution in [0.25, 0.3) is 0 Å². The number of hydrogen-bond acceptors (Lipinski definition) is 5. The van der Waals surface area contributed by atoms with Gasteiger partial charge >= 0.3 is 11.9 Å². The van der Waals surface area contributed by atoms with Gasteiger partial charge in [0.05, 0.1) is 12.2 Å². The molecule has 1 saturated carbocycles. The van der Waals surface area contributed by atoms with Gasteiger partial charge in [0.1, 0.15) is 11.9 Å². The molecule has 0 amide bonds. The van der Waals surface area contributed by atoms with Crippen LogP contribution in [0.5, 0.6) is 11.5 Å². The van der Waals surface area contributed by atoms with Gasteiger partial charge in [0.25, 0.3) is 0 Å². The monoisotopic (exact) mass is 586 g/mol. The van der Waals surface area contributed by atoms with Crippen molar-refractivity contribution in [3.05, 3.63) is 59.4 Å². The summed E-state index contributed by atoms with van der Waals surface area (Å²) < 4.78 is 44.8. The minimum atomic E-state index is -1.51. The molecule has 0 unspecified atom stereocenters. The van der Waals surface area contributed by atoms with Crippen molar-refractivity contribution in [2.24, 2.45) is 5.92 Å². The Labute approximate surface area is 250 Å². The van der Waals surface area contributed by atoms with E-state index in [4.69, 9.17) is 14.2 Å². The quantitative estimate of drug-likeness (QED) is 0.0989. The Kier molecular flexibility index (Phi) is 14.8. The first-order valence-electron chi connectivity index (χ1n) is 16.0. The molecule has 2 aromatic carbocycles. The fourth-order valence-electron chi connectivity index (χ4n) is 5.35. The van der Waals surface area contributed by atoms with Crippen LogP contribution in [0.4, 0.5) is 8.78 Å². The lowest BCUT2D eigenvalue weighted by molar-refractivity contribution is -0.157. The second-order valence-corrected chi connectivity index (χ2v) is 11.5. The zero-order valence-electron chi connectivity index (χ0n) is 25.4. The van der Waals surface area contributed by atoms with Crippen LogP contribution in [0.2, 0.25) is 0 Å². The van der Waals surface area contributed by atoms with Gasteiger partial charge in [-0.2, -0.15) is 0 Å². The summed E-state index contributed by atoms with van der Waals surface area (Å²) in [5.74, 6) is -0.814. The van der Waals surface area contributed by atoms with Crippen LogP contribution in [0, 0.1) is 11.7 Å². The second kappa shape index (κ2) is 18.6. The van der Waals surface area contributed by atoms with E-state index in [0.29, 0.717) is 24.7 Å². The summed E-state index contributed by atoms with van der Waals surface area (Å²) in [7, 11) is 0. The second-order valence-electron chi connectivity index (χ2n) is 11.5. The molecular formula is C35H48F2O5. The van der Waals surface area contributed by atoms with Crippen molar-refractivity contribution < 1.29 is 32.6 Å². The van der Waals surface area contributed by atoms with E-state index in [0.717, 1.165) is 75.8 Å². The Morgan fingerprint density at radius 2 is 1.57 bits per heavy atom. The summed E-state index contributed by atoms with van der Waals surface area (Å²) in [4.78, 5) is 24.5. The highest BCUT2D eigenvalue weighted by Gasteiger charge is 2.27. The Bertz CT molecular complexity index is 1080. The third kappa shape index (κ3) is 11.7. The lowest BCUT2D eigenvalue weighted by atomic mass is 9.83. The van der Waals surface area contributed by atoms with Gasteiger partial charge in [0.15, 0.2) is 17.7 Å². The molecule has 0 radical (unpaired) electrons. The highest BCUT2D eigenvalue weighted by atomic mass is 19.1. The van der Waals surface area contributed by atoms with Gasteiger partial charge < -0.3 is 14.2 Å². The lowest BCUT2D eigenvalue weighted by Crippen LogP contribution is -2.29. The maximum atomic E-state index is 14.5. The minimum Gasteiger partial charge on any atom is -0.491 e. The minimum absolute atomic E-state index is 0.132. The van der Waals surface area contributed by atoms with Gasteiger partial charge in [-0.25, -0.2) is 18.4 Å². The van der Waals surface area contributed by atoms with Crippen molar-refractivity contribution in [2.75, 3.05) is 6.61 Å². The maximum absolute atomic E-state index is 14.5. The molecule has 0 aliphatic heterocycles. The SMILES string of the molecule is CCCCCCCCOc1ccc(C(=O)Oc2ccc(CC[C@H]3CC[C@H](OC(=O)[C@@H](F)CCCC)CC3)cc2)cc1F. The van der Waals surface area contributed by atoms with Gasteiger partial charge in [0.2, 0.25) is 0 Å². The molecule has 1 fully saturated rings. The fraction of sp³-hybridized carbons (Fsp3) is 0.600. The van der Waals surface area contributed by atoms with E-state index in [2.05, 4.69) is 6.92 Å². The Morgan fingerprint density at radius 3 is 2.26 bits per heavy atom. The van der Waals surface area contributed by atoms with E-state index >= 15 is 0 Å². The summed E-state index contributed by atoms with van der Waals surface area (Å²) in [6.45, 7) is 4.61. The third-order valence-electron chi connectivity index (χ3n) is 8.04. The molecule has 0 N–H and O–H groups in total. The molecule has 0 heterocycles. The molecule has 5 nitrogen and oxygen atoms in total.